The Bertz CT molecular complexity index is 3360. The van der Waals surface area contributed by atoms with Crippen LogP contribution in [-0.4, -0.2) is 9.13 Å². The molecule has 272 valence electrons. The minimum absolute atomic E-state index is 0.890. The Morgan fingerprint density at radius 3 is 1.40 bits per heavy atom. The zero-order chi connectivity index (χ0) is 38.2. The number of furan rings is 1. The summed E-state index contributed by atoms with van der Waals surface area (Å²) < 4.78 is 11.1. The summed E-state index contributed by atoms with van der Waals surface area (Å²) in [5.74, 6) is 0. The molecule has 58 heavy (non-hydrogen) atoms. The van der Waals surface area contributed by atoms with Crippen LogP contribution in [0.15, 0.2) is 217 Å². The van der Waals surface area contributed by atoms with Crippen molar-refractivity contribution in [2.75, 3.05) is 4.90 Å². The summed E-state index contributed by atoms with van der Waals surface area (Å²) in [7, 11) is 0. The van der Waals surface area contributed by atoms with Crippen LogP contribution in [0.4, 0.5) is 17.1 Å². The summed E-state index contributed by atoms with van der Waals surface area (Å²) in [5.41, 5.74) is 14.3. The molecule has 0 atom stereocenters. The molecule has 0 bridgehead atoms. The standard InChI is InChI=1S/C54H35N3O/c1-3-15-38(16-4-1)56-49-23-10-7-20-43(49)47-34-41(27-30-51(47)56)55(40-19-13-14-36(32-40)37-26-29-46-45-22-9-12-25-53(45)58-54(46)33-37)42-28-31-52-48(35-42)44-21-8-11-24-50(44)57(52)39-17-5-2-6-18-39/h1-35H. The number of aromatic nitrogens is 2. The van der Waals surface area contributed by atoms with Crippen molar-refractivity contribution in [2.24, 2.45) is 0 Å². The van der Waals surface area contributed by atoms with Gasteiger partial charge in [0.2, 0.25) is 0 Å². The van der Waals surface area contributed by atoms with Crippen molar-refractivity contribution in [3.63, 3.8) is 0 Å². The van der Waals surface area contributed by atoms with E-state index in [0.717, 1.165) is 61.5 Å². The van der Waals surface area contributed by atoms with Gasteiger partial charge in [0.05, 0.1) is 22.1 Å². The molecule has 0 radical (unpaired) electrons. The highest BCUT2D eigenvalue weighted by atomic mass is 16.3. The summed E-state index contributed by atoms with van der Waals surface area (Å²) in [6.45, 7) is 0. The molecule has 0 amide bonds. The van der Waals surface area contributed by atoms with Gasteiger partial charge >= 0.3 is 0 Å². The second kappa shape index (κ2) is 12.9. The number of benzene rings is 9. The minimum Gasteiger partial charge on any atom is -0.456 e. The fourth-order valence-electron chi connectivity index (χ4n) is 9.09. The zero-order valence-electron chi connectivity index (χ0n) is 31.5. The van der Waals surface area contributed by atoms with Crippen molar-refractivity contribution in [3.05, 3.63) is 212 Å². The third kappa shape index (κ3) is 5.02. The van der Waals surface area contributed by atoms with Crippen molar-refractivity contribution in [1.82, 2.24) is 9.13 Å². The van der Waals surface area contributed by atoms with Gasteiger partial charge in [-0.1, -0.05) is 109 Å². The topological polar surface area (TPSA) is 26.2 Å². The van der Waals surface area contributed by atoms with E-state index >= 15 is 0 Å². The fraction of sp³-hybridized carbons (Fsp3) is 0. The van der Waals surface area contributed by atoms with Gasteiger partial charge in [-0.25, -0.2) is 0 Å². The highest BCUT2D eigenvalue weighted by Gasteiger charge is 2.20. The molecule has 4 nitrogen and oxygen atoms in total. The van der Waals surface area contributed by atoms with Crippen molar-refractivity contribution >= 4 is 82.6 Å². The van der Waals surface area contributed by atoms with Crippen LogP contribution >= 0.6 is 0 Å². The van der Waals surface area contributed by atoms with Gasteiger partial charge in [-0.3, -0.25) is 0 Å². The number of fused-ring (bicyclic) bond motifs is 9. The van der Waals surface area contributed by atoms with Crippen LogP contribution in [0.2, 0.25) is 0 Å². The van der Waals surface area contributed by atoms with Gasteiger partial charge in [0.25, 0.3) is 0 Å². The van der Waals surface area contributed by atoms with Crippen LogP contribution in [0.25, 0.3) is 88.1 Å². The number of para-hydroxylation sites is 5. The molecule has 12 rings (SSSR count). The summed E-state index contributed by atoms with van der Waals surface area (Å²) >= 11 is 0. The largest absolute Gasteiger partial charge is 0.456 e. The minimum atomic E-state index is 0.890. The predicted octanol–water partition coefficient (Wildman–Crippen LogP) is 14.9. The van der Waals surface area contributed by atoms with E-state index < -0.39 is 0 Å². The molecule has 3 heterocycles. The summed E-state index contributed by atoms with van der Waals surface area (Å²) in [4.78, 5) is 2.41. The average Bonchev–Trinajstić information content (AvgIpc) is 3.94. The molecule has 0 saturated heterocycles. The van der Waals surface area contributed by atoms with E-state index in [1.165, 1.54) is 43.6 Å². The van der Waals surface area contributed by atoms with Gasteiger partial charge in [0, 0.05) is 60.8 Å². The zero-order valence-corrected chi connectivity index (χ0v) is 31.5. The van der Waals surface area contributed by atoms with E-state index in [1.54, 1.807) is 0 Å². The SMILES string of the molecule is c1ccc(-n2c3ccccc3c3cc(N(c4cccc(-c5ccc6c(c5)oc5ccccc56)c4)c4ccc5c(c4)c4ccccc4n5-c4ccccc4)ccc32)cc1. The average molecular weight is 742 g/mol. The van der Waals surface area contributed by atoms with Gasteiger partial charge in [-0.2, -0.15) is 0 Å². The van der Waals surface area contributed by atoms with Crippen molar-refractivity contribution in [3.8, 4) is 22.5 Å². The lowest BCUT2D eigenvalue weighted by atomic mass is 10.0. The summed E-state index contributed by atoms with van der Waals surface area (Å²) in [5, 5.41) is 7.11. The fourth-order valence-corrected chi connectivity index (χ4v) is 9.09. The van der Waals surface area contributed by atoms with E-state index in [0.29, 0.717) is 0 Å². The Kier molecular flexibility index (Phi) is 7.20. The Balaban J connectivity index is 1.08. The van der Waals surface area contributed by atoms with Gasteiger partial charge in [0.1, 0.15) is 11.2 Å². The smallest absolute Gasteiger partial charge is 0.136 e. The highest BCUT2D eigenvalue weighted by molar-refractivity contribution is 6.13. The van der Waals surface area contributed by atoms with Crippen molar-refractivity contribution in [1.29, 1.82) is 0 Å². The molecule has 0 saturated carbocycles. The Hall–Kier alpha value is -7.82. The molecule has 0 unspecified atom stereocenters. The molecule has 0 fully saturated rings. The molecule has 4 heteroatoms. The first-order valence-electron chi connectivity index (χ1n) is 19.8. The van der Waals surface area contributed by atoms with Crippen LogP contribution in [0, 0.1) is 0 Å². The molecule has 9 aromatic carbocycles. The molecular formula is C54H35N3O. The first kappa shape index (κ1) is 32.4. The Labute approximate surface area is 334 Å². The number of nitrogens with zero attached hydrogens (tertiary/aromatic N) is 3. The number of hydrogen-bond acceptors (Lipinski definition) is 2. The van der Waals surface area contributed by atoms with Gasteiger partial charge < -0.3 is 18.5 Å². The van der Waals surface area contributed by atoms with Crippen LogP contribution in [0.1, 0.15) is 0 Å². The monoisotopic (exact) mass is 741 g/mol. The highest BCUT2D eigenvalue weighted by Crippen LogP contribution is 2.43. The van der Waals surface area contributed by atoms with Crippen molar-refractivity contribution in [2.45, 2.75) is 0 Å². The summed E-state index contributed by atoms with van der Waals surface area (Å²) in [6.07, 6.45) is 0. The lowest BCUT2D eigenvalue weighted by molar-refractivity contribution is 0.669. The molecule has 0 N–H and O–H groups in total. The second-order valence-corrected chi connectivity index (χ2v) is 15.0. The molecule has 12 aromatic rings. The van der Waals surface area contributed by atoms with Gasteiger partial charge in [-0.05, 0) is 114 Å². The third-order valence-electron chi connectivity index (χ3n) is 11.7. The third-order valence-corrected chi connectivity index (χ3v) is 11.7. The maximum absolute atomic E-state index is 6.34. The van der Waals surface area contributed by atoms with E-state index in [4.69, 9.17) is 4.42 Å². The van der Waals surface area contributed by atoms with Gasteiger partial charge in [-0.15, -0.1) is 0 Å². The van der Waals surface area contributed by atoms with Crippen molar-refractivity contribution < 1.29 is 4.42 Å². The van der Waals surface area contributed by atoms with Crippen LogP contribution in [0.3, 0.4) is 0 Å². The molecule has 0 aliphatic rings. The lowest BCUT2D eigenvalue weighted by Crippen LogP contribution is -2.10. The number of hydrogen-bond donors (Lipinski definition) is 0. The van der Waals surface area contributed by atoms with E-state index in [-0.39, 0.29) is 0 Å². The predicted molar refractivity (Wildman–Crippen MR) is 243 cm³/mol. The number of rotatable bonds is 6. The summed E-state index contributed by atoms with van der Waals surface area (Å²) in [6, 6.07) is 76.3. The molecule has 0 spiro atoms. The van der Waals surface area contributed by atoms with E-state index in [9.17, 15) is 0 Å². The first-order valence-corrected chi connectivity index (χ1v) is 19.8. The molecule has 0 aliphatic carbocycles. The Morgan fingerprint density at radius 2 is 0.776 bits per heavy atom. The first-order chi connectivity index (χ1) is 28.8. The van der Waals surface area contributed by atoms with E-state index in [2.05, 4.69) is 214 Å². The quantitative estimate of drug-likeness (QED) is 0.170. The molecule has 0 aliphatic heterocycles. The van der Waals surface area contributed by atoms with Crippen LogP contribution in [0.5, 0.6) is 0 Å². The Morgan fingerprint density at radius 1 is 0.293 bits per heavy atom. The molecule has 3 aromatic heterocycles. The molecular weight excluding hydrogens is 707 g/mol. The van der Waals surface area contributed by atoms with Crippen LogP contribution < -0.4 is 4.90 Å². The van der Waals surface area contributed by atoms with Crippen LogP contribution in [-0.2, 0) is 0 Å². The normalized spacial score (nSPS) is 11.8. The maximum atomic E-state index is 6.34. The van der Waals surface area contributed by atoms with Gasteiger partial charge in [0.15, 0.2) is 0 Å². The lowest BCUT2D eigenvalue weighted by Gasteiger charge is -2.26. The second-order valence-electron chi connectivity index (χ2n) is 15.0. The van der Waals surface area contributed by atoms with E-state index in [1.807, 2.05) is 12.1 Å². The maximum Gasteiger partial charge on any atom is 0.136 e. The number of anilines is 3.